The maximum absolute atomic E-state index is 5.89. The lowest BCUT2D eigenvalue weighted by molar-refractivity contribution is 0.404. The topological polar surface area (TPSA) is 83.2 Å². The Morgan fingerprint density at radius 3 is 2.30 bits per heavy atom. The minimum absolute atomic E-state index is 0.194. The Morgan fingerprint density at radius 2 is 1.61 bits per heavy atom. The minimum Gasteiger partial charge on any atom is -0.497 e. The van der Waals surface area contributed by atoms with Gasteiger partial charge in [-0.3, -0.25) is 4.98 Å². The van der Waals surface area contributed by atoms with Crippen LogP contribution < -0.4 is 15.2 Å². The van der Waals surface area contributed by atoms with E-state index in [4.69, 9.17) is 15.2 Å². The summed E-state index contributed by atoms with van der Waals surface area (Å²) in [6.07, 6.45) is 3.42. The zero-order valence-corrected chi connectivity index (χ0v) is 12.9. The van der Waals surface area contributed by atoms with Gasteiger partial charge in [0, 0.05) is 23.5 Å². The highest BCUT2D eigenvalue weighted by atomic mass is 16.5. The molecule has 116 valence electrons. The predicted octanol–water partition coefficient (Wildman–Crippen LogP) is 2.80. The van der Waals surface area contributed by atoms with Crippen LogP contribution in [0.2, 0.25) is 0 Å². The summed E-state index contributed by atoms with van der Waals surface area (Å²) in [5.41, 5.74) is 8.98. The van der Waals surface area contributed by atoms with Crippen molar-refractivity contribution in [3.8, 4) is 34.0 Å². The lowest BCUT2D eigenvalue weighted by atomic mass is 10.1. The molecule has 0 radical (unpaired) electrons. The summed E-state index contributed by atoms with van der Waals surface area (Å²) < 4.78 is 10.7. The molecule has 0 aliphatic carbocycles. The van der Waals surface area contributed by atoms with Crippen molar-refractivity contribution in [2.24, 2.45) is 0 Å². The molecule has 0 atom stereocenters. The van der Waals surface area contributed by atoms with Crippen LogP contribution in [0.3, 0.4) is 0 Å². The van der Waals surface area contributed by atoms with Crippen molar-refractivity contribution in [2.75, 3.05) is 20.0 Å². The Balaban J connectivity index is 2.16. The number of anilines is 1. The highest BCUT2D eigenvalue weighted by molar-refractivity contribution is 5.74. The van der Waals surface area contributed by atoms with E-state index >= 15 is 0 Å². The highest BCUT2D eigenvalue weighted by Gasteiger charge is 2.12. The molecule has 0 aliphatic rings. The number of hydrogen-bond acceptors (Lipinski definition) is 6. The Kier molecular flexibility index (Phi) is 4.05. The molecule has 0 spiro atoms. The molecule has 23 heavy (non-hydrogen) atoms. The Labute approximate surface area is 134 Å². The van der Waals surface area contributed by atoms with E-state index in [2.05, 4.69) is 15.0 Å². The molecule has 2 heterocycles. The van der Waals surface area contributed by atoms with Gasteiger partial charge in [-0.1, -0.05) is 0 Å². The Morgan fingerprint density at radius 1 is 0.870 bits per heavy atom. The van der Waals surface area contributed by atoms with Crippen molar-refractivity contribution in [1.29, 1.82) is 0 Å². The fourth-order valence-corrected chi connectivity index (χ4v) is 2.29. The van der Waals surface area contributed by atoms with Crippen LogP contribution in [0.4, 0.5) is 5.95 Å². The summed E-state index contributed by atoms with van der Waals surface area (Å²) >= 11 is 0. The molecule has 0 saturated heterocycles. The number of ether oxygens (including phenoxy) is 2. The second-order valence-corrected chi connectivity index (χ2v) is 4.80. The molecule has 0 aliphatic heterocycles. The van der Waals surface area contributed by atoms with Crippen molar-refractivity contribution < 1.29 is 9.47 Å². The Hall–Kier alpha value is -3.15. The largest absolute Gasteiger partial charge is 0.497 e. The first-order valence-corrected chi connectivity index (χ1v) is 6.98. The molecule has 0 amide bonds. The number of nitrogens with two attached hydrogens (primary N) is 1. The second-order valence-electron chi connectivity index (χ2n) is 4.80. The molecule has 1 aromatic carbocycles. The summed E-state index contributed by atoms with van der Waals surface area (Å²) in [6, 6.07) is 11.1. The maximum Gasteiger partial charge on any atom is 0.221 e. The van der Waals surface area contributed by atoms with Crippen molar-refractivity contribution in [3.63, 3.8) is 0 Å². The predicted molar refractivity (Wildman–Crippen MR) is 88.2 cm³/mol. The van der Waals surface area contributed by atoms with E-state index in [1.54, 1.807) is 26.6 Å². The first kappa shape index (κ1) is 14.8. The number of nitrogen functional groups attached to an aromatic ring is 1. The number of hydrogen-bond donors (Lipinski definition) is 1. The van der Waals surface area contributed by atoms with Crippen LogP contribution >= 0.6 is 0 Å². The lowest BCUT2D eigenvalue weighted by Gasteiger charge is -2.11. The molecule has 6 nitrogen and oxygen atoms in total. The van der Waals surface area contributed by atoms with Gasteiger partial charge in [-0.25, -0.2) is 9.97 Å². The molecule has 3 rings (SSSR count). The van der Waals surface area contributed by atoms with Crippen LogP contribution in [0.25, 0.3) is 22.5 Å². The van der Waals surface area contributed by atoms with Crippen molar-refractivity contribution >= 4 is 5.95 Å². The van der Waals surface area contributed by atoms with Crippen LogP contribution in [0.5, 0.6) is 11.5 Å². The average Bonchev–Trinajstić information content (AvgIpc) is 2.61. The minimum atomic E-state index is 0.194. The zero-order valence-electron chi connectivity index (χ0n) is 12.9. The zero-order chi connectivity index (χ0) is 16.2. The van der Waals surface area contributed by atoms with E-state index in [9.17, 15) is 0 Å². The fraction of sp³-hybridized carbons (Fsp3) is 0.118. The van der Waals surface area contributed by atoms with E-state index in [-0.39, 0.29) is 5.95 Å². The van der Waals surface area contributed by atoms with Gasteiger partial charge in [-0.05, 0) is 36.4 Å². The third-order valence-corrected chi connectivity index (χ3v) is 3.40. The number of pyridine rings is 1. The molecule has 2 N–H and O–H groups in total. The first-order valence-electron chi connectivity index (χ1n) is 6.98. The van der Waals surface area contributed by atoms with Crippen LogP contribution in [0.15, 0.2) is 48.8 Å². The third kappa shape index (κ3) is 3.06. The standard InChI is InChI=1S/C17H16N4O2/c1-22-12-3-4-16(23-2)13(9-12)15-10-14(20-17(18)21-15)11-5-7-19-8-6-11/h3-10H,1-2H3,(H2,18,20,21). The smallest absolute Gasteiger partial charge is 0.221 e. The normalized spacial score (nSPS) is 10.3. The van der Waals surface area contributed by atoms with Gasteiger partial charge in [0.15, 0.2) is 0 Å². The van der Waals surface area contributed by atoms with E-state index in [1.807, 2.05) is 36.4 Å². The van der Waals surface area contributed by atoms with Crippen LogP contribution in [-0.4, -0.2) is 29.2 Å². The molecule has 0 fully saturated rings. The van der Waals surface area contributed by atoms with Crippen LogP contribution in [0, 0.1) is 0 Å². The SMILES string of the molecule is COc1ccc(OC)c(-c2cc(-c3ccncc3)nc(N)n2)c1. The van der Waals surface area contributed by atoms with Gasteiger partial charge in [0.05, 0.1) is 25.6 Å². The molecular weight excluding hydrogens is 292 g/mol. The van der Waals surface area contributed by atoms with E-state index in [1.165, 1.54) is 0 Å². The first-order chi connectivity index (χ1) is 11.2. The molecule has 3 aromatic rings. The van der Waals surface area contributed by atoms with Gasteiger partial charge in [-0.2, -0.15) is 0 Å². The molecular formula is C17H16N4O2. The second kappa shape index (κ2) is 6.31. The monoisotopic (exact) mass is 308 g/mol. The van der Waals surface area contributed by atoms with Crippen LogP contribution in [0.1, 0.15) is 0 Å². The Bertz CT molecular complexity index is 822. The van der Waals surface area contributed by atoms with E-state index in [0.717, 1.165) is 16.8 Å². The summed E-state index contributed by atoms with van der Waals surface area (Å²) in [6.45, 7) is 0. The molecule has 0 unspecified atom stereocenters. The third-order valence-electron chi connectivity index (χ3n) is 3.40. The van der Waals surface area contributed by atoms with Gasteiger partial charge in [0.25, 0.3) is 0 Å². The molecule has 6 heteroatoms. The summed E-state index contributed by atoms with van der Waals surface area (Å²) in [5.74, 6) is 1.59. The maximum atomic E-state index is 5.89. The molecule has 2 aromatic heterocycles. The number of rotatable bonds is 4. The average molecular weight is 308 g/mol. The summed E-state index contributed by atoms with van der Waals surface area (Å²) in [5, 5.41) is 0. The number of aromatic nitrogens is 3. The number of benzene rings is 1. The quantitative estimate of drug-likeness (QED) is 0.798. The van der Waals surface area contributed by atoms with E-state index < -0.39 is 0 Å². The van der Waals surface area contributed by atoms with Gasteiger partial charge in [-0.15, -0.1) is 0 Å². The van der Waals surface area contributed by atoms with Gasteiger partial charge >= 0.3 is 0 Å². The van der Waals surface area contributed by atoms with Gasteiger partial charge in [0.2, 0.25) is 5.95 Å². The van der Waals surface area contributed by atoms with Gasteiger partial charge in [0.1, 0.15) is 11.5 Å². The summed E-state index contributed by atoms with van der Waals surface area (Å²) in [4.78, 5) is 12.6. The molecule has 0 bridgehead atoms. The number of methoxy groups -OCH3 is 2. The lowest BCUT2D eigenvalue weighted by Crippen LogP contribution is -2.00. The van der Waals surface area contributed by atoms with Crippen molar-refractivity contribution in [3.05, 3.63) is 48.8 Å². The van der Waals surface area contributed by atoms with Crippen LogP contribution in [-0.2, 0) is 0 Å². The summed E-state index contributed by atoms with van der Waals surface area (Å²) in [7, 11) is 3.22. The number of nitrogens with zero attached hydrogens (tertiary/aromatic N) is 3. The fourth-order valence-electron chi connectivity index (χ4n) is 2.29. The van der Waals surface area contributed by atoms with E-state index in [0.29, 0.717) is 17.2 Å². The van der Waals surface area contributed by atoms with Crippen molar-refractivity contribution in [2.45, 2.75) is 0 Å². The van der Waals surface area contributed by atoms with Crippen molar-refractivity contribution in [1.82, 2.24) is 15.0 Å². The highest BCUT2D eigenvalue weighted by Crippen LogP contribution is 2.34. The van der Waals surface area contributed by atoms with Gasteiger partial charge < -0.3 is 15.2 Å². The molecule has 0 saturated carbocycles.